The highest BCUT2D eigenvalue weighted by Crippen LogP contribution is 2.31. The number of hydrogen-bond donors (Lipinski definition) is 3. The number of fused-ring (bicyclic) bond motifs is 1. The van der Waals surface area contributed by atoms with Gasteiger partial charge in [0, 0.05) is 16.2 Å². The minimum absolute atomic E-state index is 0.216. The van der Waals surface area contributed by atoms with Gasteiger partial charge in [0.2, 0.25) is 0 Å². The molecule has 0 saturated carbocycles. The number of nitrogens with zero attached hydrogens (tertiary/aromatic N) is 4. The second-order valence-electron chi connectivity index (χ2n) is 6.03. The largest absolute Gasteiger partial charge is 0.394 e. The van der Waals surface area contributed by atoms with Gasteiger partial charge in [-0.1, -0.05) is 0 Å². The topological polar surface area (TPSA) is 105 Å². The number of nitrogens with one attached hydrogen (secondary N) is 1. The van der Waals surface area contributed by atoms with Crippen LogP contribution in [0.3, 0.4) is 0 Å². The van der Waals surface area contributed by atoms with Gasteiger partial charge in [0.25, 0.3) is 0 Å². The first-order chi connectivity index (χ1) is 12.2. The van der Waals surface area contributed by atoms with E-state index in [4.69, 9.17) is 4.74 Å². The Kier molecular flexibility index (Phi) is 4.38. The first kappa shape index (κ1) is 16.4. The zero-order valence-electron chi connectivity index (χ0n) is 13.7. The zero-order chi connectivity index (χ0) is 17.4. The lowest BCUT2D eigenvalue weighted by atomic mass is 10.2. The predicted molar refractivity (Wildman–Crippen MR) is 93.3 cm³/mol. The molecule has 0 aliphatic carbocycles. The molecule has 3 aromatic heterocycles. The molecule has 4 rings (SSSR count). The van der Waals surface area contributed by atoms with E-state index in [-0.39, 0.29) is 6.61 Å². The minimum atomic E-state index is -0.700. The maximum absolute atomic E-state index is 9.93. The van der Waals surface area contributed by atoms with Gasteiger partial charge in [0.1, 0.15) is 18.7 Å². The standard InChI is InChI=1S/C16H19N5O3S/c1-9-2-3-10(25-9)5-17-15-14-16(19-7-18-15)21(8-20-14)13-4-11(23)12(6-22)24-13/h2-3,7-8,11-13,22-23H,4-6H2,1H3,(H,17,18,19)/t11?,12-,13-/m1/s1. The first-order valence-corrected chi connectivity index (χ1v) is 8.88. The van der Waals surface area contributed by atoms with Gasteiger partial charge in [0.05, 0.1) is 25.6 Å². The van der Waals surface area contributed by atoms with E-state index in [0.29, 0.717) is 29.9 Å². The molecule has 1 unspecified atom stereocenters. The molecule has 1 fully saturated rings. The fourth-order valence-electron chi connectivity index (χ4n) is 2.99. The van der Waals surface area contributed by atoms with Crippen molar-refractivity contribution >= 4 is 28.3 Å². The van der Waals surface area contributed by atoms with Gasteiger partial charge < -0.3 is 20.3 Å². The number of aromatic nitrogens is 4. The van der Waals surface area contributed by atoms with E-state index >= 15 is 0 Å². The molecule has 3 atom stereocenters. The smallest absolute Gasteiger partial charge is 0.167 e. The van der Waals surface area contributed by atoms with Gasteiger partial charge in [-0.15, -0.1) is 11.3 Å². The van der Waals surface area contributed by atoms with Gasteiger partial charge in [-0.25, -0.2) is 15.0 Å². The molecular weight excluding hydrogens is 342 g/mol. The van der Waals surface area contributed by atoms with Crippen LogP contribution < -0.4 is 5.32 Å². The lowest BCUT2D eigenvalue weighted by Gasteiger charge is -2.13. The molecule has 25 heavy (non-hydrogen) atoms. The molecule has 3 aromatic rings. The van der Waals surface area contributed by atoms with Gasteiger partial charge in [-0.2, -0.15) is 0 Å². The number of aliphatic hydroxyl groups excluding tert-OH is 2. The lowest BCUT2D eigenvalue weighted by Crippen LogP contribution is -2.24. The Morgan fingerprint density at radius 2 is 2.24 bits per heavy atom. The molecule has 1 aliphatic rings. The van der Waals surface area contributed by atoms with Gasteiger partial charge >= 0.3 is 0 Å². The van der Waals surface area contributed by atoms with Crippen LogP contribution >= 0.6 is 11.3 Å². The van der Waals surface area contributed by atoms with Crippen molar-refractivity contribution in [2.45, 2.75) is 38.3 Å². The number of ether oxygens (including phenoxy) is 1. The second-order valence-corrected chi connectivity index (χ2v) is 7.40. The molecule has 4 heterocycles. The maximum atomic E-state index is 9.93. The molecule has 9 heteroatoms. The third kappa shape index (κ3) is 3.11. The molecule has 1 aliphatic heterocycles. The van der Waals surface area contributed by atoms with Crippen molar-refractivity contribution in [2.24, 2.45) is 0 Å². The number of aliphatic hydroxyl groups is 2. The monoisotopic (exact) mass is 361 g/mol. The van der Waals surface area contributed by atoms with Crippen LogP contribution in [-0.4, -0.2) is 48.5 Å². The van der Waals surface area contributed by atoms with Crippen LogP contribution in [0.1, 0.15) is 22.4 Å². The van der Waals surface area contributed by atoms with Crippen molar-refractivity contribution in [3.63, 3.8) is 0 Å². The maximum Gasteiger partial charge on any atom is 0.167 e. The van der Waals surface area contributed by atoms with Crippen LogP contribution in [0.15, 0.2) is 24.8 Å². The number of imidazole rings is 1. The Hall–Kier alpha value is -2.07. The molecule has 1 saturated heterocycles. The summed E-state index contributed by atoms with van der Waals surface area (Å²) in [5.74, 6) is 0.659. The number of rotatable bonds is 5. The Morgan fingerprint density at radius 1 is 1.36 bits per heavy atom. The molecule has 0 amide bonds. The Balaban J connectivity index is 1.58. The highest BCUT2D eigenvalue weighted by atomic mass is 32.1. The molecule has 0 radical (unpaired) electrons. The molecule has 0 bridgehead atoms. The van der Waals surface area contributed by atoms with Gasteiger partial charge in [0.15, 0.2) is 17.0 Å². The molecule has 0 aromatic carbocycles. The molecular formula is C16H19N5O3S. The van der Waals surface area contributed by atoms with Crippen molar-refractivity contribution in [1.82, 2.24) is 19.5 Å². The van der Waals surface area contributed by atoms with E-state index in [9.17, 15) is 10.2 Å². The fraction of sp³-hybridized carbons (Fsp3) is 0.438. The van der Waals surface area contributed by atoms with Crippen LogP contribution in [0.25, 0.3) is 11.2 Å². The van der Waals surface area contributed by atoms with E-state index in [2.05, 4.69) is 39.3 Å². The average Bonchev–Trinajstić information content (AvgIpc) is 3.31. The summed E-state index contributed by atoms with van der Waals surface area (Å²) in [4.78, 5) is 15.5. The van der Waals surface area contributed by atoms with E-state index in [1.807, 2.05) is 0 Å². The quantitative estimate of drug-likeness (QED) is 0.631. The molecule has 8 nitrogen and oxygen atoms in total. The number of hydrogen-bond acceptors (Lipinski definition) is 8. The van der Waals surface area contributed by atoms with E-state index < -0.39 is 18.4 Å². The lowest BCUT2D eigenvalue weighted by molar-refractivity contribution is -0.0432. The summed E-state index contributed by atoms with van der Waals surface area (Å²) in [5, 5.41) is 22.5. The predicted octanol–water partition coefficient (Wildman–Crippen LogP) is 1.45. The summed E-state index contributed by atoms with van der Waals surface area (Å²) < 4.78 is 7.47. The summed E-state index contributed by atoms with van der Waals surface area (Å²) in [6.45, 7) is 2.53. The normalized spacial score (nSPS) is 23.4. The number of thiophene rings is 1. The van der Waals surface area contributed by atoms with Crippen molar-refractivity contribution in [1.29, 1.82) is 0 Å². The summed E-state index contributed by atoms with van der Waals surface area (Å²) in [5.41, 5.74) is 1.29. The summed E-state index contributed by atoms with van der Waals surface area (Å²) in [6.07, 6.45) is 1.82. The van der Waals surface area contributed by atoms with Crippen LogP contribution in [0.4, 0.5) is 5.82 Å². The van der Waals surface area contributed by atoms with Crippen molar-refractivity contribution in [2.75, 3.05) is 11.9 Å². The van der Waals surface area contributed by atoms with Gasteiger partial charge in [-0.05, 0) is 19.1 Å². The minimum Gasteiger partial charge on any atom is -0.394 e. The van der Waals surface area contributed by atoms with Crippen molar-refractivity contribution in [3.05, 3.63) is 34.5 Å². The van der Waals surface area contributed by atoms with E-state index in [1.165, 1.54) is 16.1 Å². The van der Waals surface area contributed by atoms with Crippen molar-refractivity contribution < 1.29 is 14.9 Å². The Labute approximate surface area is 148 Å². The molecule has 3 N–H and O–H groups in total. The average molecular weight is 361 g/mol. The zero-order valence-corrected chi connectivity index (χ0v) is 14.5. The summed E-state index contributed by atoms with van der Waals surface area (Å²) in [6, 6.07) is 4.18. The third-order valence-electron chi connectivity index (χ3n) is 4.28. The second kappa shape index (κ2) is 6.68. The van der Waals surface area contributed by atoms with Crippen molar-refractivity contribution in [3.8, 4) is 0 Å². The third-order valence-corrected chi connectivity index (χ3v) is 5.28. The first-order valence-electron chi connectivity index (χ1n) is 8.07. The van der Waals surface area contributed by atoms with Crippen LogP contribution in [0.5, 0.6) is 0 Å². The van der Waals surface area contributed by atoms with E-state index in [1.54, 1.807) is 22.2 Å². The SMILES string of the molecule is Cc1ccc(CNc2ncnc3c2ncn3[C@H]2CC(O)[C@@H](CO)O2)s1. The number of aryl methyl sites for hydroxylation is 1. The fourth-order valence-corrected chi connectivity index (χ4v) is 3.82. The molecule has 132 valence electrons. The molecule has 0 spiro atoms. The van der Waals surface area contributed by atoms with Crippen LogP contribution in [-0.2, 0) is 11.3 Å². The summed E-state index contributed by atoms with van der Waals surface area (Å²) in [7, 11) is 0. The Morgan fingerprint density at radius 3 is 2.96 bits per heavy atom. The van der Waals surface area contributed by atoms with Gasteiger partial charge in [-0.3, -0.25) is 4.57 Å². The van der Waals surface area contributed by atoms with Crippen LogP contribution in [0.2, 0.25) is 0 Å². The van der Waals surface area contributed by atoms with Crippen LogP contribution in [0, 0.1) is 6.92 Å². The summed E-state index contributed by atoms with van der Waals surface area (Å²) >= 11 is 1.74. The highest BCUT2D eigenvalue weighted by molar-refractivity contribution is 7.11. The Bertz CT molecular complexity index is 880. The number of anilines is 1. The van der Waals surface area contributed by atoms with E-state index in [0.717, 1.165) is 0 Å². The highest BCUT2D eigenvalue weighted by Gasteiger charge is 2.35.